The molecule has 25 heavy (non-hydrogen) atoms. The van der Waals surface area contributed by atoms with Crippen LogP contribution in [0.2, 0.25) is 0 Å². The number of hydrogen-bond donors (Lipinski definition) is 2. The molecule has 0 spiro atoms. The standard InChI is InChI=1S/C19H21N3O3/c20-9-11-22(10-8-14-4-2-1-3-5-14)19(24)15-6-7-16-17(12-15)25-13-18(23)21-16/h1-7,12H,8-11,13,20H2,(H,21,23). The van der Waals surface area contributed by atoms with E-state index in [1.54, 1.807) is 23.1 Å². The van der Waals surface area contributed by atoms with Crippen molar-refractivity contribution in [2.75, 3.05) is 31.6 Å². The first-order chi connectivity index (χ1) is 12.2. The Kier molecular flexibility index (Phi) is 5.30. The van der Waals surface area contributed by atoms with Crippen molar-refractivity contribution in [2.45, 2.75) is 6.42 Å². The summed E-state index contributed by atoms with van der Waals surface area (Å²) in [5.74, 6) is 0.227. The van der Waals surface area contributed by atoms with Gasteiger partial charge in [0.1, 0.15) is 5.75 Å². The molecule has 0 atom stereocenters. The molecule has 0 saturated heterocycles. The van der Waals surface area contributed by atoms with Crippen molar-refractivity contribution >= 4 is 17.5 Å². The first kappa shape index (κ1) is 17.0. The number of ether oxygens (including phenoxy) is 1. The molecule has 2 aromatic rings. The number of nitrogens with one attached hydrogen (secondary N) is 1. The van der Waals surface area contributed by atoms with Gasteiger partial charge < -0.3 is 20.7 Å². The van der Waals surface area contributed by atoms with Gasteiger partial charge in [-0.05, 0) is 30.2 Å². The predicted octanol–water partition coefficient (Wildman–Crippen LogP) is 1.66. The van der Waals surface area contributed by atoms with Gasteiger partial charge in [-0.15, -0.1) is 0 Å². The van der Waals surface area contributed by atoms with Crippen molar-refractivity contribution in [2.24, 2.45) is 5.73 Å². The van der Waals surface area contributed by atoms with Crippen molar-refractivity contribution < 1.29 is 14.3 Å². The topological polar surface area (TPSA) is 84.7 Å². The van der Waals surface area contributed by atoms with Gasteiger partial charge in [0.05, 0.1) is 5.69 Å². The quantitative estimate of drug-likeness (QED) is 0.838. The van der Waals surface area contributed by atoms with E-state index in [2.05, 4.69) is 5.32 Å². The van der Waals surface area contributed by atoms with Gasteiger partial charge in [0.2, 0.25) is 0 Å². The summed E-state index contributed by atoms with van der Waals surface area (Å²) in [7, 11) is 0. The highest BCUT2D eigenvalue weighted by Crippen LogP contribution is 2.29. The Balaban J connectivity index is 1.72. The normalized spacial score (nSPS) is 12.8. The van der Waals surface area contributed by atoms with Crippen LogP contribution in [0.3, 0.4) is 0 Å². The van der Waals surface area contributed by atoms with E-state index in [1.807, 2.05) is 30.3 Å². The van der Waals surface area contributed by atoms with Crippen LogP contribution in [-0.4, -0.2) is 43.0 Å². The Morgan fingerprint density at radius 2 is 1.96 bits per heavy atom. The SMILES string of the molecule is NCCN(CCc1ccccc1)C(=O)c1ccc2c(c1)OCC(=O)N2. The number of carbonyl (C=O) groups is 2. The smallest absolute Gasteiger partial charge is 0.262 e. The van der Waals surface area contributed by atoms with E-state index >= 15 is 0 Å². The van der Waals surface area contributed by atoms with Gasteiger partial charge in [0, 0.05) is 25.2 Å². The molecule has 3 N–H and O–H groups in total. The Hall–Kier alpha value is -2.86. The van der Waals surface area contributed by atoms with Gasteiger partial charge in [-0.25, -0.2) is 0 Å². The van der Waals surface area contributed by atoms with Crippen molar-refractivity contribution in [1.29, 1.82) is 0 Å². The number of fused-ring (bicyclic) bond motifs is 1. The second-order valence-electron chi connectivity index (χ2n) is 5.86. The summed E-state index contributed by atoms with van der Waals surface area (Å²) in [5.41, 5.74) is 7.96. The van der Waals surface area contributed by atoms with Crippen LogP contribution in [0.15, 0.2) is 48.5 Å². The number of amides is 2. The first-order valence-corrected chi connectivity index (χ1v) is 8.27. The number of nitrogens with zero attached hydrogens (tertiary/aromatic N) is 1. The third-order valence-electron chi connectivity index (χ3n) is 4.06. The van der Waals surface area contributed by atoms with Crippen LogP contribution in [0, 0.1) is 0 Å². The highest BCUT2D eigenvalue weighted by atomic mass is 16.5. The van der Waals surface area contributed by atoms with E-state index in [-0.39, 0.29) is 18.4 Å². The molecule has 0 fully saturated rings. The molecule has 0 unspecified atom stereocenters. The van der Waals surface area contributed by atoms with Crippen LogP contribution in [0.4, 0.5) is 5.69 Å². The van der Waals surface area contributed by atoms with E-state index in [4.69, 9.17) is 10.5 Å². The summed E-state index contributed by atoms with van der Waals surface area (Å²) in [6.45, 7) is 1.44. The molecule has 1 heterocycles. The maximum Gasteiger partial charge on any atom is 0.262 e. The van der Waals surface area contributed by atoms with Crippen LogP contribution in [0.25, 0.3) is 0 Å². The van der Waals surface area contributed by atoms with Gasteiger partial charge in [0.15, 0.2) is 6.61 Å². The van der Waals surface area contributed by atoms with E-state index in [0.717, 1.165) is 6.42 Å². The van der Waals surface area contributed by atoms with Crippen molar-refractivity contribution in [1.82, 2.24) is 4.90 Å². The zero-order valence-corrected chi connectivity index (χ0v) is 13.9. The molecule has 3 rings (SSSR count). The fraction of sp³-hybridized carbons (Fsp3) is 0.263. The molecule has 6 heteroatoms. The summed E-state index contributed by atoms with van der Waals surface area (Å²) >= 11 is 0. The minimum absolute atomic E-state index is 0.0365. The lowest BCUT2D eigenvalue weighted by atomic mass is 10.1. The van der Waals surface area contributed by atoms with Crippen molar-refractivity contribution in [3.8, 4) is 5.75 Å². The molecule has 0 saturated carbocycles. The predicted molar refractivity (Wildman–Crippen MR) is 95.7 cm³/mol. The van der Waals surface area contributed by atoms with Gasteiger partial charge in [-0.1, -0.05) is 30.3 Å². The van der Waals surface area contributed by atoms with Gasteiger partial charge in [-0.2, -0.15) is 0 Å². The molecule has 130 valence electrons. The van der Waals surface area contributed by atoms with Crippen molar-refractivity contribution in [3.63, 3.8) is 0 Å². The molecule has 2 aromatic carbocycles. The zero-order valence-electron chi connectivity index (χ0n) is 13.9. The molecule has 1 aliphatic heterocycles. The van der Waals surface area contributed by atoms with E-state index in [1.165, 1.54) is 5.56 Å². The first-order valence-electron chi connectivity index (χ1n) is 8.27. The van der Waals surface area contributed by atoms with Gasteiger partial charge >= 0.3 is 0 Å². The largest absolute Gasteiger partial charge is 0.482 e. The third-order valence-corrected chi connectivity index (χ3v) is 4.06. The number of carbonyl (C=O) groups excluding carboxylic acids is 2. The van der Waals surface area contributed by atoms with Crippen LogP contribution in [0.5, 0.6) is 5.75 Å². The molecule has 6 nitrogen and oxygen atoms in total. The lowest BCUT2D eigenvalue weighted by Crippen LogP contribution is -2.37. The van der Waals surface area contributed by atoms with Crippen LogP contribution in [-0.2, 0) is 11.2 Å². The monoisotopic (exact) mass is 339 g/mol. The molecule has 0 radical (unpaired) electrons. The number of hydrogen-bond acceptors (Lipinski definition) is 4. The van der Waals surface area contributed by atoms with Crippen LogP contribution < -0.4 is 15.8 Å². The molecule has 0 bridgehead atoms. The summed E-state index contributed by atoms with van der Waals surface area (Å²) in [4.78, 5) is 25.9. The number of anilines is 1. The van der Waals surface area contributed by atoms with Gasteiger partial charge in [-0.3, -0.25) is 9.59 Å². The molecule has 1 aliphatic rings. The minimum atomic E-state index is -0.195. The lowest BCUT2D eigenvalue weighted by Gasteiger charge is -2.23. The Bertz CT molecular complexity index is 762. The summed E-state index contributed by atoms with van der Waals surface area (Å²) < 4.78 is 5.39. The highest BCUT2D eigenvalue weighted by Gasteiger charge is 2.20. The van der Waals surface area contributed by atoms with Crippen LogP contribution >= 0.6 is 0 Å². The molecular formula is C19H21N3O3. The average molecular weight is 339 g/mol. The molecule has 2 amide bonds. The van der Waals surface area contributed by atoms with E-state index < -0.39 is 0 Å². The van der Waals surface area contributed by atoms with E-state index in [0.29, 0.717) is 36.6 Å². The Morgan fingerprint density at radius 1 is 1.16 bits per heavy atom. The maximum atomic E-state index is 12.8. The Labute approximate surface area is 146 Å². The summed E-state index contributed by atoms with van der Waals surface area (Å²) in [6, 6.07) is 15.1. The lowest BCUT2D eigenvalue weighted by molar-refractivity contribution is -0.118. The molecule has 0 aromatic heterocycles. The second-order valence-corrected chi connectivity index (χ2v) is 5.86. The summed E-state index contributed by atoms with van der Waals surface area (Å²) in [5, 5.41) is 2.72. The minimum Gasteiger partial charge on any atom is -0.482 e. The fourth-order valence-electron chi connectivity index (χ4n) is 2.77. The van der Waals surface area contributed by atoms with Gasteiger partial charge in [0.25, 0.3) is 11.8 Å². The maximum absolute atomic E-state index is 12.8. The zero-order chi connectivity index (χ0) is 17.6. The van der Waals surface area contributed by atoms with Crippen LogP contribution in [0.1, 0.15) is 15.9 Å². The highest BCUT2D eigenvalue weighted by molar-refractivity contribution is 5.99. The number of benzene rings is 2. The second kappa shape index (κ2) is 7.81. The molecular weight excluding hydrogens is 318 g/mol. The Morgan fingerprint density at radius 3 is 2.72 bits per heavy atom. The fourth-order valence-corrected chi connectivity index (χ4v) is 2.77. The third kappa shape index (κ3) is 4.16. The molecule has 0 aliphatic carbocycles. The number of nitrogens with two attached hydrogens (primary N) is 1. The summed E-state index contributed by atoms with van der Waals surface area (Å²) in [6.07, 6.45) is 0.768. The van der Waals surface area contributed by atoms with E-state index in [9.17, 15) is 9.59 Å². The average Bonchev–Trinajstić information content (AvgIpc) is 2.65. The van der Waals surface area contributed by atoms with Crippen molar-refractivity contribution in [3.05, 3.63) is 59.7 Å². The number of rotatable bonds is 6.